The van der Waals surface area contributed by atoms with Gasteiger partial charge in [0.1, 0.15) is 0 Å². The van der Waals surface area contributed by atoms with Crippen molar-refractivity contribution in [3.8, 4) is 0 Å². The molecule has 0 aromatic rings. The van der Waals surface area contributed by atoms with E-state index in [1.165, 1.54) is 0 Å². The van der Waals surface area contributed by atoms with Crippen LogP contribution in [-0.4, -0.2) is 24.9 Å². The number of rotatable bonds is 5. The Morgan fingerprint density at radius 2 is 1.92 bits per heavy atom. The Balaban J connectivity index is 2.17. The Hall–Kier alpha value is 0.210. The lowest BCUT2D eigenvalue weighted by Crippen LogP contribution is -2.26. The smallest absolute Gasteiger partial charge is 0.165 e. The van der Waals surface area contributed by atoms with E-state index in [4.69, 9.17) is 21.1 Å². The minimum atomic E-state index is -0.319. The van der Waals surface area contributed by atoms with Gasteiger partial charge >= 0.3 is 0 Å². The standard InChI is InChI=1S/C10H19ClO2/c1-9(4-6-11)3-5-10(2)12-7-8-13-10/h9H,3-8H2,1-2H3. The average molecular weight is 207 g/mol. The van der Waals surface area contributed by atoms with Crippen molar-refractivity contribution in [2.24, 2.45) is 5.92 Å². The van der Waals surface area contributed by atoms with Gasteiger partial charge < -0.3 is 9.47 Å². The van der Waals surface area contributed by atoms with Crippen molar-refractivity contribution in [1.29, 1.82) is 0 Å². The summed E-state index contributed by atoms with van der Waals surface area (Å²) in [4.78, 5) is 0. The summed E-state index contributed by atoms with van der Waals surface area (Å²) >= 11 is 5.66. The molecule has 0 spiro atoms. The fourth-order valence-corrected chi connectivity index (χ4v) is 1.91. The average Bonchev–Trinajstić information content (AvgIpc) is 2.51. The van der Waals surface area contributed by atoms with Crippen molar-refractivity contribution in [1.82, 2.24) is 0 Å². The highest BCUT2D eigenvalue weighted by Crippen LogP contribution is 2.26. The first kappa shape index (κ1) is 11.3. The van der Waals surface area contributed by atoms with E-state index in [1.54, 1.807) is 0 Å². The zero-order valence-corrected chi connectivity index (χ0v) is 9.27. The van der Waals surface area contributed by atoms with Gasteiger partial charge in [-0.3, -0.25) is 0 Å². The van der Waals surface area contributed by atoms with Gasteiger partial charge in [0.25, 0.3) is 0 Å². The van der Waals surface area contributed by atoms with Crippen molar-refractivity contribution in [3.63, 3.8) is 0 Å². The first-order valence-corrected chi connectivity index (χ1v) is 5.53. The van der Waals surface area contributed by atoms with Crippen LogP contribution in [0.5, 0.6) is 0 Å². The van der Waals surface area contributed by atoms with E-state index in [1.807, 2.05) is 6.92 Å². The maximum Gasteiger partial charge on any atom is 0.165 e. The van der Waals surface area contributed by atoms with Crippen LogP contribution in [0.2, 0.25) is 0 Å². The summed E-state index contributed by atoms with van der Waals surface area (Å²) in [6.07, 6.45) is 3.19. The molecule has 0 bridgehead atoms. The fraction of sp³-hybridized carbons (Fsp3) is 1.00. The van der Waals surface area contributed by atoms with Crippen LogP contribution in [0.3, 0.4) is 0 Å². The molecule has 0 aromatic heterocycles. The molecule has 0 amide bonds. The van der Waals surface area contributed by atoms with E-state index >= 15 is 0 Å². The summed E-state index contributed by atoms with van der Waals surface area (Å²) < 4.78 is 11.0. The molecule has 0 aromatic carbocycles. The topological polar surface area (TPSA) is 18.5 Å². The summed E-state index contributed by atoms with van der Waals surface area (Å²) in [5.41, 5.74) is 0. The van der Waals surface area contributed by atoms with Gasteiger partial charge in [0.05, 0.1) is 13.2 Å². The van der Waals surface area contributed by atoms with Crippen molar-refractivity contribution in [3.05, 3.63) is 0 Å². The molecular formula is C10H19ClO2. The molecule has 0 N–H and O–H groups in total. The van der Waals surface area contributed by atoms with Gasteiger partial charge in [-0.1, -0.05) is 6.92 Å². The Morgan fingerprint density at radius 1 is 1.31 bits per heavy atom. The molecule has 1 unspecified atom stereocenters. The summed E-state index contributed by atoms with van der Waals surface area (Å²) in [5.74, 6) is 1.10. The molecule has 1 aliphatic rings. The van der Waals surface area contributed by atoms with E-state index in [9.17, 15) is 0 Å². The third-order valence-corrected chi connectivity index (χ3v) is 2.81. The fourth-order valence-electron chi connectivity index (χ4n) is 1.54. The molecular weight excluding hydrogens is 188 g/mol. The molecule has 1 fully saturated rings. The summed E-state index contributed by atoms with van der Waals surface area (Å²) in [6, 6.07) is 0. The molecule has 3 heteroatoms. The molecule has 1 rings (SSSR count). The van der Waals surface area contributed by atoms with Gasteiger partial charge in [-0.05, 0) is 25.7 Å². The van der Waals surface area contributed by atoms with Gasteiger partial charge in [-0.15, -0.1) is 11.6 Å². The van der Waals surface area contributed by atoms with Crippen LogP contribution < -0.4 is 0 Å². The van der Waals surface area contributed by atoms with Crippen LogP contribution in [0.25, 0.3) is 0 Å². The highest BCUT2D eigenvalue weighted by Gasteiger charge is 2.30. The predicted octanol–water partition coefficient (Wildman–Crippen LogP) is 2.79. The molecule has 0 saturated carbocycles. The molecule has 1 saturated heterocycles. The SMILES string of the molecule is CC(CCCl)CCC1(C)OCCO1. The maximum absolute atomic E-state index is 5.66. The summed E-state index contributed by atoms with van der Waals surface area (Å²) in [6.45, 7) is 5.72. The third-order valence-electron chi connectivity index (χ3n) is 2.59. The number of hydrogen-bond acceptors (Lipinski definition) is 2. The largest absolute Gasteiger partial charge is 0.348 e. The van der Waals surface area contributed by atoms with E-state index in [-0.39, 0.29) is 5.79 Å². The van der Waals surface area contributed by atoms with Crippen LogP contribution in [0.15, 0.2) is 0 Å². The highest BCUT2D eigenvalue weighted by atomic mass is 35.5. The minimum absolute atomic E-state index is 0.319. The van der Waals surface area contributed by atoms with Crippen molar-refractivity contribution in [2.45, 2.75) is 38.9 Å². The molecule has 1 aliphatic heterocycles. The van der Waals surface area contributed by atoms with Crippen LogP contribution in [0.1, 0.15) is 33.1 Å². The van der Waals surface area contributed by atoms with Gasteiger partial charge in [0.2, 0.25) is 0 Å². The van der Waals surface area contributed by atoms with Crippen molar-refractivity contribution >= 4 is 11.6 Å². The lowest BCUT2D eigenvalue weighted by molar-refractivity contribution is -0.149. The van der Waals surface area contributed by atoms with Gasteiger partial charge in [-0.25, -0.2) is 0 Å². The van der Waals surface area contributed by atoms with E-state index < -0.39 is 0 Å². The second kappa shape index (κ2) is 5.18. The Morgan fingerprint density at radius 3 is 2.46 bits per heavy atom. The lowest BCUT2D eigenvalue weighted by atomic mass is 9.99. The predicted molar refractivity (Wildman–Crippen MR) is 54.0 cm³/mol. The monoisotopic (exact) mass is 206 g/mol. The molecule has 1 atom stereocenters. The van der Waals surface area contributed by atoms with Gasteiger partial charge in [0.15, 0.2) is 5.79 Å². The first-order valence-electron chi connectivity index (χ1n) is 5.00. The maximum atomic E-state index is 5.66. The first-order chi connectivity index (χ1) is 6.16. The number of alkyl halides is 1. The molecule has 0 radical (unpaired) electrons. The van der Waals surface area contributed by atoms with Crippen LogP contribution in [0, 0.1) is 5.92 Å². The second-order valence-electron chi connectivity index (χ2n) is 3.95. The van der Waals surface area contributed by atoms with Gasteiger partial charge in [-0.2, -0.15) is 0 Å². The Labute approximate surface area is 85.5 Å². The van der Waals surface area contributed by atoms with E-state index in [0.29, 0.717) is 5.92 Å². The Kier molecular flexibility index (Phi) is 4.50. The summed E-state index contributed by atoms with van der Waals surface area (Å²) in [7, 11) is 0. The second-order valence-corrected chi connectivity index (χ2v) is 4.33. The minimum Gasteiger partial charge on any atom is -0.348 e. The van der Waals surface area contributed by atoms with Crippen molar-refractivity contribution in [2.75, 3.05) is 19.1 Å². The van der Waals surface area contributed by atoms with Crippen LogP contribution in [0.4, 0.5) is 0 Å². The van der Waals surface area contributed by atoms with E-state index in [2.05, 4.69) is 6.92 Å². The van der Waals surface area contributed by atoms with Gasteiger partial charge in [0, 0.05) is 12.3 Å². The lowest BCUT2D eigenvalue weighted by Gasteiger charge is -2.23. The zero-order valence-electron chi connectivity index (χ0n) is 8.51. The van der Waals surface area contributed by atoms with E-state index in [0.717, 1.165) is 38.4 Å². The summed E-state index contributed by atoms with van der Waals surface area (Å²) in [5, 5.41) is 0. The molecule has 13 heavy (non-hydrogen) atoms. The Bertz CT molecular complexity index is 144. The number of ether oxygens (including phenoxy) is 2. The highest BCUT2D eigenvalue weighted by molar-refractivity contribution is 6.17. The molecule has 0 aliphatic carbocycles. The number of hydrogen-bond donors (Lipinski definition) is 0. The van der Waals surface area contributed by atoms with Crippen LogP contribution >= 0.6 is 11.6 Å². The molecule has 2 nitrogen and oxygen atoms in total. The molecule has 1 heterocycles. The van der Waals surface area contributed by atoms with Crippen molar-refractivity contribution < 1.29 is 9.47 Å². The molecule has 78 valence electrons. The van der Waals surface area contributed by atoms with Crippen LogP contribution in [-0.2, 0) is 9.47 Å². The third kappa shape index (κ3) is 3.84. The quantitative estimate of drug-likeness (QED) is 0.644. The number of halogens is 1. The zero-order chi connectivity index (χ0) is 9.73. The normalized spacial score (nSPS) is 23.3.